The highest BCUT2D eigenvalue weighted by atomic mass is 32.1. The van der Waals surface area contributed by atoms with Crippen LogP contribution in [0.5, 0.6) is 0 Å². The smallest absolute Gasteiger partial charge is 0.0938 e. The van der Waals surface area contributed by atoms with Crippen LogP contribution in [0.25, 0.3) is 10.2 Å². The van der Waals surface area contributed by atoms with E-state index in [-0.39, 0.29) is 0 Å². The Labute approximate surface area is 210 Å². The molecule has 33 heavy (non-hydrogen) atoms. The number of fused-ring (bicyclic) bond motifs is 1. The molecular formula is C31H53NS. The molecular weight excluding hydrogens is 418 g/mol. The first kappa shape index (κ1) is 28.3. The van der Waals surface area contributed by atoms with Crippen molar-refractivity contribution in [3.05, 3.63) is 28.8 Å². The van der Waals surface area contributed by atoms with Gasteiger partial charge in [0.15, 0.2) is 0 Å². The molecule has 1 nitrogen and oxygen atoms in total. The van der Waals surface area contributed by atoms with Crippen molar-refractivity contribution in [3.8, 4) is 0 Å². The highest BCUT2D eigenvalue weighted by molar-refractivity contribution is 7.18. The third-order valence-electron chi connectivity index (χ3n) is 7.09. The van der Waals surface area contributed by atoms with Crippen molar-refractivity contribution < 1.29 is 0 Å². The van der Waals surface area contributed by atoms with Crippen molar-refractivity contribution in [1.82, 2.24) is 4.98 Å². The van der Waals surface area contributed by atoms with E-state index in [0.717, 1.165) is 0 Å². The van der Waals surface area contributed by atoms with Crippen molar-refractivity contribution in [2.45, 2.75) is 155 Å². The van der Waals surface area contributed by atoms with Crippen LogP contribution in [0.15, 0.2) is 18.2 Å². The summed E-state index contributed by atoms with van der Waals surface area (Å²) in [6.45, 7) is 4.59. The van der Waals surface area contributed by atoms with E-state index in [1.165, 1.54) is 162 Å². The first-order chi connectivity index (χ1) is 16.3. The lowest BCUT2D eigenvalue weighted by Crippen LogP contribution is -1.90. The summed E-state index contributed by atoms with van der Waals surface area (Å²) in [6.07, 6.45) is 30.5. The number of rotatable bonds is 22. The zero-order valence-corrected chi connectivity index (χ0v) is 23.0. The molecule has 0 N–H and O–H groups in total. The molecule has 0 aliphatic rings. The van der Waals surface area contributed by atoms with Crippen LogP contribution >= 0.6 is 11.3 Å². The molecule has 0 unspecified atom stereocenters. The highest BCUT2D eigenvalue weighted by Gasteiger charge is 2.08. The molecule has 1 heterocycles. The number of nitrogens with zero attached hydrogens (tertiary/aromatic N) is 1. The van der Waals surface area contributed by atoms with Gasteiger partial charge in [-0.3, -0.25) is 0 Å². The van der Waals surface area contributed by atoms with Crippen molar-refractivity contribution in [1.29, 1.82) is 0 Å². The van der Waals surface area contributed by atoms with Crippen molar-refractivity contribution in [2.24, 2.45) is 0 Å². The van der Waals surface area contributed by atoms with Gasteiger partial charge in [-0.05, 0) is 37.3 Å². The van der Waals surface area contributed by atoms with Gasteiger partial charge in [-0.2, -0.15) is 0 Å². The third kappa shape index (κ3) is 13.0. The van der Waals surface area contributed by atoms with Crippen LogP contribution in [0.2, 0.25) is 0 Å². The Morgan fingerprint density at radius 1 is 0.545 bits per heavy atom. The Kier molecular flexibility index (Phi) is 16.7. The number of aryl methyl sites for hydroxylation is 2. The lowest BCUT2D eigenvalue weighted by atomic mass is 10.0. The van der Waals surface area contributed by atoms with Crippen molar-refractivity contribution in [2.75, 3.05) is 0 Å². The van der Waals surface area contributed by atoms with Gasteiger partial charge in [-0.15, -0.1) is 11.3 Å². The van der Waals surface area contributed by atoms with E-state index in [9.17, 15) is 0 Å². The molecule has 0 saturated carbocycles. The van der Waals surface area contributed by atoms with E-state index in [2.05, 4.69) is 32.0 Å². The molecule has 0 bridgehead atoms. The molecule has 188 valence electrons. The molecule has 0 fully saturated rings. The third-order valence-corrected chi connectivity index (χ3v) is 8.17. The summed E-state index contributed by atoms with van der Waals surface area (Å²) in [4.78, 5) is 5.07. The van der Waals surface area contributed by atoms with Crippen LogP contribution in [-0.4, -0.2) is 4.98 Å². The van der Waals surface area contributed by atoms with Gasteiger partial charge in [0.25, 0.3) is 0 Å². The van der Waals surface area contributed by atoms with E-state index in [1.807, 2.05) is 11.3 Å². The number of para-hydroxylation sites is 1. The van der Waals surface area contributed by atoms with Crippen LogP contribution in [-0.2, 0) is 12.8 Å². The van der Waals surface area contributed by atoms with E-state index in [0.29, 0.717) is 0 Å². The topological polar surface area (TPSA) is 12.9 Å². The Morgan fingerprint density at radius 3 is 1.52 bits per heavy atom. The lowest BCUT2D eigenvalue weighted by Gasteiger charge is -2.04. The van der Waals surface area contributed by atoms with Gasteiger partial charge in [-0.25, -0.2) is 4.98 Å². The number of hydrogen-bond acceptors (Lipinski definition) is 2. The van der Waals surface area contributed by atoms with Crippen molar-refractivity contribution >= 4 is 21.6 Å². The largest absolute Gasteiger partial charge is 0.241 e. The Hall–Kier alpha value is -0.890. The quantitative estimate of drug-likeness (QED) is 0.156. The molecule has 2 heteroatoms. The van der Waals surface area contributed by atoms with E-state index in [1.54, 1.807) is 0 Å². The maximum atomic E-state index is 5.07. The van der Waals surface area contributed by atoms with Crippen LogP contribution in [0.3, 0.4) is 0 Å². The fourth-order valence-corrected chi connectivity index (χ4v) is 5.98. The fraction of sp³-hybridized carbons (Fsp3) is 0.774. The normalized spacial score (nSPS) is 11.6. The maximum Gasteiger partial charge on any atom is 0.0938 e. The SMILES string of the molecule is CCCCCCCCCCCCc1nc2c(CCCCCCCCCCCC)cccc2s1. The van der Waals surface area contributed by atoms with Gasteiger partial charge in [0.2, 0.25) is 0 Å². The molecule has 1 aromatic heterocycles. The molecule has 0 radical (unpaired) electrons. The molecule has 2 rings (SSSR count). The van der Waals surface area contributed by atoms with Crippen LogP contribution in [0, 0.1) is 0 Å². The molecule has 0 saturated heterocycles. The molecule has 0 spiro atoms. The average molecular weight is 472 g/mol. The molecule has 0 atom stereocenters. The maximum absolute atomic E-state index is 5.07. The summed E-state index contributed by atoms with van der Waals surface area (Å²) in [5.41, 5.74) is 2.79. The Bertz CT molecular complexity index is 704. The van der Waals surface area contributed by atoms with Gasteiger partial charge >= 0.3 is 0 Å². The van der Waals surface area contributed by atoms with Crippen molar-refractivity contribution in [3.63, 3.8) is 0 Å². The number of aromatic nitrogens is 1. The van der Waals surface area contributed by atoms with Gasteiger partial charge in [-0.1, -0.05) is 142 Å². The first-order valence-corrected chi connectivity index (χ1v) is 15.5. The lowest BCUT2D eigenvalue weighted by molar-refractivity contribution is 0.556. The number of thiazole rings is 1. The minimum Gasteiger partial charge on any atom is -0.241 e. The first-order valence-electron chi connectivity index (χ1n) is 14.7. The summed E-state index contributed by atoms with van der Waals surface area (Å²) in [6, 6.07) is 6.84. The number of benzene rings is 1. The second-order valence-electron chi connectivity index (χ2n) is 10.2. The number of hydrogen-bond donors (Lipinski definition) is 0. The second-order valence-corrected chi connectivity index (χ2v) is 11.4. The Morgan fingerprint density at radius 2 is 1.00 bits per heavy atom. The summed E-state index contributed by atoms with van der Waals surface area (Å²) in [5.74, 6) is 0. The van der Waals surface area contributed by atoms with Gasteiger partial charge < -0.3 is 0 Å². The molecule has 2 aromatic rings. The molecule has 0 aliphatic heterocycles. The molecule has 1 aromatic carbocycles. The average Bonchev–Trinajstić information content (AvgIpc) is 3.25. The van der Waals surface area contributed by atoms with Crippen LogP contribution in [0.4, 0.5) is 0 Å². The summed E-state index contributed by atoms with van der Waals surface area (Å²) >= 11 is 1.94. The van der Waals surface area contributed by atoms with E-state index < -0.39 is 0 Å². The zero-order valence-electron chi connectivity index (χ0n) is 22.1. The van der Waals surface area contributed by atoms with E-state index >= 15 is 0 Å². The highest BCUT2D eigenvalue weighted by Crippen LogP contribution is 2.27. The summed E-state index contributed by atoms with van der Waals surface area (Å²) in [7, 11) is 0. The minimum atomic E-state index is 1.17. The monoisotopic (exact) mass is 471 g/mol. The van der Waals surface area contributed by atoms with E-state index in [4.69, 9.17) is 4.98 Å². The predicted octanol–water partition coefficient (Wildman–Crippen LogP) is 11.2. The zero-order chi connectivity index (χ0) is 23.4. The van der Waals surface area contributed by atoms with Gasteiger partial charge in [0.1, 0.15) is 0 Å². The summed E-state index contributed by atoms with van der Waals surface area (Å²) < 4.78 is 1.40. The predicted molar refractivity (Wildman–Crippen MR) is 151 cm³/mol. The standard InChI is InChI=1S/C31H53NS/c1-3-5-7-9-11-13-15-17-19-21-24-28-25-23-26-29-31(28)32-30(33-29)27-22-20-18-16-14-12-10-8-6-4-2/h23,25-26H,3-22,24,27H2,1-2H3. The Balaban J connectivity index is 1.57. The minimum absolute atomic E-state index is 1.17. The fourth-order valence-electron chi connectivity index (χ4n) is 4.93. The molecule has 0 aliphatic carbocycles. The van der Waals surface area contributed by atoms with Gasteiger partial charge in [0.05, 0.1) is 15.2 Å². The van der Waals surface area contributed by atoms with Gasteiger partial charge in [0, 0.05) is 0 Å². The second kappa shape index (κ2) is 19.4. The molecule has 0 amide bonds. The van der Waals surface area contributed by atoms with Crippen LogP contribution in [0.1, 0.15) is 153 Å². The number of unbranched alkanes of at least 4 members (excludes halogenated alkanes) is 18. The van der Waals surface area contributed by atoms with Crippen LogP contribution < -0.4 is 0 Å². The summed E-state index contributed by atoms with van der Waals surface area (Å²) in [5, 5.41) is 1.36.